The first kappa shape index (κ1) is 20.5. The molecule has 0 atom stereocenters. The number of nitrogens with zero attached hydrogens (tertiary/aromatic N) is 6. The second kappa shape index (κ2) is 8.95. The van der Waals surface area contributed by atoms with Gasteiger partial charge >= 0.3 is 0 Å². The van der Waals surface area contributed by atoms with Gasteiger partial charge < -0.3 is 16.0 Å². The Kier molecular flexibility index (Phi) is 5.92. The second-order valence-corrected chi connectivity index (χ2v) is 7.53. The summed E-state index contributed by atoms with van der Waals surface area (Å²) in [6, 6.07) is 7.16. The lowest BCUT2D eigenvalue weighted by Crippen LogP contribution is -2.38. The molecule has 0 radical (unpaired) electrons. The van der Waals surface area contributed by atoms with Gasteiger partial charge in [-0.25, -0.2) is 14.5 Å². The van der Waals surface area contributed by atoms with E-state index >= 15 is 0 Å². The Bertz CT molecular complexity index is 1140. The number of hydrogen-bond acceptors (Lipinski definition) is 6. The molecule has 3 N–H and O–H groups in total. The van der Waals surface area contributed by atoms with Crippen LogP contribution in [0.2, 0.25) is 0 Å². The molecule has 1 saturated heterocycles. The predicted octanol–water partition coefficient (Wildman–Crippen LogP) is 3.21. The van der Waals surface area contributed by atoms with Crippen molar-refractivity contribution in [1.29, 1.82) is 0 Å². The number of allylic oxidation sites excluding steroid dienone is 2. The van der Waals surface area contributed by atoms with E-state index in [2.05, 4.69) is 36.9 Å². The van der Waals surface area contributed by atoms with Crippen LogP contribution >= 0.6 is 0 Å². The first-order valence-corrected chi connectivity index (χ1v) is 10.1. The lowest BCUT2D eigenvalue weighted by Gasteiger charge is -2.33. The lowest BCUT2D eigenvalue weighted by molar-refractivity contribution is 0.269. The minimum Gasteiger partial charge on any atom is -0.390 e. The second-order valence-electron chi connectivity index (χ2n) is 7.53. The highest BCUT2D eigenvalue weighted by Gasteiger charge is 2.22. The molecule has 31 heavy (non-hydrogen) atoms. The summed E-state index contributed by atoms with van der Waals surface area (Å²) >= 11 is 0. The summed E-state index contributed by atoms with van der Waals surface area (Å²) in [5, 5.41) is 7.98. The molecule has 1 fully saturated rings. The molecule has 0 saturated carbocycles. The van der Waals surface area contributed by atoms with Crippen molar-refractivity contribution in [2.24, 2.45) is 10.7 Å². The Morgan fingerprint density at radius 2 is 2.16 bits per heavy atom. The smallest absolute Gasteiger partial charge is 0.243 e. The number of fused-ring (bicyclic) bond motifs is 1. The standard InChI is InChI=1S/C22H25FN8/c1-15(2)12-20(26-14-24)30-10-6-17(7-11-30)27-22-28-21-18(4-3-9-31(21)29-22)16-5-8-25-19(23)13-16/h3-5,8-9,12-14,17H,1,6-7,10-11H2,2H3,(H2,24,26)(H,27,29)/b20-12+. The zero-order valence-corrected chi connectivity index (χ0v) is 17.4. The number of aromatic nitrogens is 4. The van der Waals surface area contributed by atoms with Crippen LogP contribution in [-0.4, -0.2) is 50.0 Å². The molecule has 0 unspecified atom stereocenters. The van der Waals surface area contributed by atoms with E-state index in [0.29, 0.717) is 17.2 Å². The van der Waals surface area contributed by atoms with E-state index in [1.54, 1.807) is 10.6 Å². The van der Waals surface area contributed by atoms with Gasteiger partial charge in [-0.3, -0.25) is 0 Å². The van der Waals surface area contributed by atoms with Crippen molar-refractivity contribution >= 4 is 17.9 Å². The quantitative estimate of drug-likeness (QED) is 0.275. The summed E-state index contributed by atoms with van der Waals surface area (Å²) < 4.78 is 15.3. The monoisotopic (exact) mass is 420 g/mol. The molecule has 4 heterocycles. The maximum atomic E-state index is 13.6. The molecule has 3 aromatic rings. The van der Waals surface area contributed by atoms with Crippen LogP contribution in [0.15, 0.2) is 65.7 Å². The average molecular weight is 420 g/mol. The molecule has 1 aliphatic heterocycles. The molecule has 0 amide bonds. The van der Waals surface area contributed by atoms with Crippen molar-refractivity contribution in [1.82, 2.24) is 24.5 Å². The summed E-state index contributed by atoms with van der Waals surface area (Å²) in [6.07, 6.45) is 8.34. The third kappa shape index (κ3) is 4.71. The Hall–Kier alpha value is -3.75. The highest BCUT2D eigenvalue weighted by atomic mass is 19.1. The molecular formula is C22H25FN8. The van der Waals surface area contributed by atoms with Gasteiger partial charge in [-0.1, -0.05) is 12.2 Å². The van der Waals surface area contributed by atoms with Gasteiger partial charge in [0.25, 0.3) is 0 Å². The predicted molar refractivity (Wildman–Crippen MR) is 120 cm³/mol. The van der Waals surface area contributed by atoms with Gasteiger partial charge in [-0.15, -0.1) is 5.10 Å². The molecule has 160 valence electrons. The van der Waals surface area contributed by atoms with Crippen LogP contribution in [0.25, 0.3) is 16.8 Å². The number of rotatable bonds is 6. The number of halogens is 1. The molecule has 0 bridgehead atoms. The maximum absolute atomic E-state index is 13.6. The van der Waals surface area contributed by atoms with Crippen LogP contribution in [0.1, 0.15) is 19.8 Å². The van der Waals surface area contributed by atoms with Gasteiger partial charge in [0.05, 0.1) is 6.34 Å². The van der Waals surface area contributed by atoms with Gasteiger partial charge in [0.1, 0.15) is 5.82 Å². The fraction of sp³-hybridized carbons (Fsp3) is 0.273. The number of likely N-dealkylation sites (tertiary alicyclic amines) is 1. The fourth-order valence-corrected chi connectivity index (χ4v) is 3.71. The normalized spacial score (nSPS) is 15.7. The van der Waals surface area contributed by atoms with E-state index in [0.717, 1.165) is 42.9 Å². The van der Waals surface area contributed by atoms with Crippen molar-refractivity contribution < 1.29 is 4.39 Å². The molecule has 4 rings (SSSR count). The summed E-state index contributed by atoms with van der Waals surface area (Å²) in [5.74, 6) is 0.856. The molecule has 1 aliphatic rings. The topological polar surface area (TPSA) is 96.7 Å². The molecular weight excluding hydrogens is 395 g/mol. The van der Waals surface area contributed by atoms with E-state index in [-0.39, 0.29) is 6.04 Å². The Morgan fingerprint density at radius 1 is 1.35 bits per heavy atom. The highest BCUT2D eigenvalue weighted by molar-refractivity contribution is 5.77. The number of piperidine rings is 1. The van der Waals surface area contributed by atoms with Crippen molar-refractivity contribution in [3.05, 3.63) is 66.7 Å². The van der Waals surface area contributed by atoms with Crippen molar-refractivity contribution in [3.63, 3.8) is 0 Å². The van der Waals surface area contributed by atoms with E-state index in [9.17, 15) is 4.39 Å². The zero-order chi connectivity index (χ0) is 21.8. The van der Waals surface area contributed by atoms with Gasteiger partial charge in [0.2, 0.25) is 11.9 Å². The minimum atomic E-state index is -0.525. The van der Waals surface area contributed by atoms with E-state index in [4.69, 9.17) is 5.73 Å². The zero-order valence-electron chi connectivity index (χ0n) is 17.4. The van der Waals surface area contributed by atoms with Crippen LogP contribution < -0.4 is 11.1 Å². The molecule has 3 aromatic heterocycles. The SMILES string of the molecule is C=C(C)/C=C(\N=C/N)N1CCC(Nc2nc3c(-c4ccnc(F)c4)cccn3n2)CC1. The molecule has 0 spiro atoms. The third-order valence-electron chi connectivity index (χ3n) is 5.13. The van der Waals surface area contributed by atoms with Gasteiger partial charge in [-0.05, 0) is 49.6 Å². The lowest BCUT2D eigenvalue weighted by atomic mass is 10.1. The number of nitrogens with one attached hydrogen (secondary N) is 1. The number of hydrogen-bond donors (Lipinski definition) is 2. The van der Waals surface area contributed by atoms with Gasteiger partial charge in [0, 0.05) is 43.2 Å². The first-order chi connectivity index (χ1) is 15.0. The van der Waals surface area contributed by atoms with Crippen LogP contribution in [0, 0.1) is 5.95 Å². The number of pyridine rings is 2. The molecule has 8 nitrogen and oxygen atoms in total. The third-order valence-corrected chi connectivity index (χ3v) is 5.13. The number of aliphatic imine (C=N–C) groups is 1. The van der Waals surface area contributed by atoms with Crippen LogP contribution in [-0.2, 0) is 0 Å². The minimum absolute atomic E-state index is 0.239. The van der Waals surface area contributed by atoms with E-state index < -0.39 is 5.95 Å². The summed E-state index contributed by atoms with van der Waals surface area (Å²) in [4.78, 5) is 14.7. The summed E-state index contributed by atoms with van der Waals surface area (Å²) in [6.45, 7) is 7.53. The van der Waals surface area contributed by atoms with Crippen LogP contribution in [0.4, 0.5) is 10.3 Å². The Labute approximate surface area is 180 Å². The van der Waals surface area contributed by atoms with Crippen molar-refractivity contribution in [2.75, 3.05) is 18.4 Å². The largest absolute Gasteiger partial charge is 0.390 e. The highest BCUT2D eigenvalue weighted by Crippen LogP contribution is 2.25. The van der Waals surface area contributed by atoms with E-state index in [1.807, 2.05) is 31.3 Å². The van der Waals surface area contributed by atoms with Gasteiger partial charge in [-0.2, -0.15) is 9.37 Å². The van der Waals surface area contributed by atoms with Gasteiger partial charge in [0.15, 0.2) is 5.65 Å². The first-order valence-electron chi connectivity index (χ1n) is 10.1. The number of anilines is 1. The van der Waals surface area contributed by atoms with E-state index in [1.165, 1.54) is 18.6 Å². The molecule has 0 aliphatic carbocycles. The number of nitrogens with two attached hydrogens (primary N) is 1. The van der Waals surface area contributed by atoms with Crippen molar-refractivity contribution in [3.8, 4) is 11.1 Å². The van der Waals surface area contributed by atoms with Crippen molar-refractivity contribution in [2.45, 2.75) is 25.8 Å². The molecule has 9 heteroatoms. The average Bonchev–Trinajstić information content (AvgIpc) is 3.16. The maximum Gasteiger partial charge on any atom is 0.243 e. The van der Waals surface area contributed by atoms with Crippen LogP contribution in [0.5, 0.6) is 0 Å². The van der Waals surface area contributed by atoms with Crippen LogP contribution in [0.3, 0.4) is 0 Å². The summed E-state index contributed by atoms with van der Waals surface area (Å²) in [5.41, 5.74) is 8.60. The Morgan fingerprint density at radius 3 is 2.87 bits per heavy atom. The fourth-order valence-electron chi connectivity index (χ4n) is 3.71. The Balaban J connectivity index is 1.48. The summed E-state index contributed by atoms with van der Waals surface area (Å²) in [7, 11) is 0. The molecule has 0 aromatic carbocycles.